The van der Waals surface area contributed by atoms with Gasteiger partial charge in [0.05, 0.1) is 16.8 Å². The van der Waals surface area contributed by atoms with E-state index in [0.717, 1.165) is 26.4 Å². The van der Waals surface area contributed by atoms with Gasteiger partial charge in [-0.2, -0.15) is 5.10 Å². The Morgan fingerprint density at radius 3 is 2.27 bits per heavy atom. The Kier molecular flexibility index (Phi) is 8.41. The summed E-state index contributed by atoms with van der Waals surface area (Å²) >= 11 is 0. The van der Waals surface area contributed by atoms with Crippen LogP contribution in [0.15, 0.2) is 131 Å². The van der Waals surface area contributed by atoms with Gasteiger partial charge in [0, 0.05) is 0 Å². The number of anilines is 1. The first kappa shape index (κ1) is 27.6. The van der Waals surface area contributed by atoms with Gasteiger partial charge in [0.1, 0.15) is 18.9 Å². The van der Waals surface area contributed by atoms with E-state index in [4.69, 9.17) is 4.74 Å². The van der Waals surface area contributed by atoms with E-state index >= 15 is 0 Å². The second-order valence-electron chi connectivity index (χ2n) is 9.45. The topological polar surface area (TPSA) is 88.1 Å². The van der Waals surface area contributed by atoms with Crippen LogP contribution >= 0.6 is 0 Å². The second kappa shape index (κ2) is 12.5. The van der Waals surface area contributed by atoms with Crippen molar-refractivity contribution in [2.45, 2.75) is 18.4 Å². The van der Waals surface area contributed by atoms with Gasteiger partial charge in [0.25, 0.3) is 15.9 Å². The predicted molar refractivity (Wildman–Crippen MR) is 163 cm³/mol. The fourth-order valence-electron chi connectivity index (χ4n) is 4.32. The number of para-hydroxylation sites is 1. The largest absolute Gasteiger partial charge is 0.489 e. The maximum Gasteiger partial charge on any atom is 0.264 e. The summed E-state index contributed by atoms with van der Waals surface area (Å²) < 4.78 is 33.9. The molecule has 0 saturated heterocycles. The molecule has 206 valence electrons. The maximum absolute atomic E-state index is 13.4. The van der Waals surface area contributed by atoms with Crippen molar-refractivity contribution in [3.63, 3.8) is 0 Å². The lowest BCUT2D eigenvalue weighted by atomic mass is 10.1. The van der Waals surface area contributed by atoms with Crippen molar-refractivity contribution < 1.29 is 17.9 Å². The van der Waals surface area contributed by atoms with Crippen molar-refractivity contribution in [2.24, 2.45) is 5.10 Å². The van der Waals surface area contributed by atoms with E-state index in [-0.39, 0.29) is 4.90 Å². The molecule has 8 heteroatoms. The van der Waals surface area contributed by atoms with Gasteiger partial charge in [-0.1, -0.05) is 78.4 Å². The lowest BCUT2D eigenvalue weighted by Gasteiger charge is -2.23. The van der Waals surface area contributed by atoms with Crippen LogP contribution in [0, 0.1) is 6.92 Å². The van der Waals surface area contributed by atoms with Crippen LogP contribution in [0.3, 0.4) is 0 Å². The molecule has 0 saturated carbocycles. The summed E-state index contributed by atoms with van der Waals surface area (Å²) in [5, 5.41) is 6.35. The van der Waals surface area contributed by atoms with Crippen LogP contribution in [0.5, 0.6) is 5.75 Å². The number of hydrazone groups is 1. The van der Waals surface area contributed by atoms with Gasteiger partial charge in [-0.15, -0.1) is 0 Å². The zero-order valence-corrected chi connectivity index (χ0v) is 23.3. The molecular formula is C33H29N3O4S. The van der Waals surface area contributed by atoms with Gasteiger partial charge in [0.2, 0.25) is 0 Å². The van der Waals surface area contributed by atoms with Crippen molar-refractivity contribution >= 4 is 38.6 Å². The third-order valence-electron chi connectivity index (χ3n) is 6.50. The van der Waals surface area contributed by atoms with Crippen molar-refractivity contribution in [2.75, 3.05) is 10.8 Å². The standard InChI is InChI=1S/C33H29N3O4S/c1-25-14-20-31(21-15-25)41(38,39)36(29-11-3-2-4-12-29)23-33(37)35-34-22-26-16-18-30(19-17-26)40-24-28-10-7-9-27-8-5-6-13-32(27)28/h2-22H,23-24H2,1H3,(H,35,37)/b34-22-. The zero-order valence-electron chi connectivity index (χ0n) is 22.5. The molecule has 0 aliphatic rings. The van der Waals surface area contributed by atoms with Gasteiger partial charge >= 0.3 is 0 Å². The Morgan fingerprint density at radius 2 is 1.51 bits per heavy atom. The first-order chi connectivity index (χ1) is 19.9. The summed E-state index contributed by atoms with van der Waals surface area (Å²) in [6, 6.07) is 36.7. The molecule has 41 heavy (non-hydrogen) atoms. The van der Waals surface area contributed by atoms with Crippen LogP contribution in [0.25, 0.3) is 10.8 Å². The fourth-order valence-corrected chi connectivity index (χ4v) is 5.74. The summed E-state index contributed by atoms with van der Waals surface area (Å²) in [6.07, 6.45) is 1.49. The van der Waals surface area contributed by atoms with Gasteiger partial charge in [-0.25, -0.2) is 13.8 Å². The smallest absolute Gasteiger partial charge is 0.264 e. The fraction of sp³-hybridized carbons (Fsp3) is 0.0909. The molecule has 0 aromatic heterocycles. The number of ether oxygens (including phenoxy) is 1. The van der Waals surface area contributed by atoms with Gasteiger partial charge in [-0.3, -0.25) is 9.10 Å². The van der Waals surface area contributed by atoms with E-state index in [0.29, 0.717) is 18.0 Å². The van der Waals surface area contributed by atoms with Crippen LogP contribution < -0.4 is 14.5 Å². The summed E-state index contributed by atoms with van der Waals surface area (Å²) in [5.41, 5.74) is 5.60. The number of carbonyl (C=O) groups excluding carboxylic acids is 1. The Labute approximate surface area is 239 Å². The minimum Gasteiger partial charge on any atom is -0.489 e. The second-order valence-corrected chi connectivity index (χ2v) is 11.3. The molecule has 5 aromatic carbocycles. The quantitative estimate of drug-likeness (QED) is 0.165. The SMILES string of the molecule is Cc1ccc(S(=O)(=O)N(CC(=O)N/N=C\c2ccc(OCc3cccc4ccccc34)cc2)c2ccccc2)cc1. The number of aryl methyl sites for hydroxylation is 1. The molecule has 7 nitrogen and oxygen atoms in total. The van der Waals surface area contributed by atoms with Gasteiger partial charge < -0.3 is 4.74 Å². The van der Waals surface area contributed by atoms with E-state index < -0.39 is 22.5 Å². The molecular weight excluding hydrogens is 534 g/mol. The highest BCUT2D eigenvalue weighted by molar-refractivity contribution is 7.92. The number of carbonyl (C=O) groups is 1. The third kappa shape index (κ3) is 6.80. The third-order valence-corrected chi connectivity index (χ3v) is 8.29. The van der Waals surface area contributed by atoms with Crippen LogP contribution in [0.1, 0.15) is 16.7 Å². The number of nitrogens with one attached hydrogen (secondary N) is 1. The van der Waals surface area contributed by atoms with Gasteiger partial charge in [0.15, 0.2) is 0 Å². The number of benzene rings is 5. The monoisotopic (exact) mass is 563 g/mol. The number of hydrogen-bond acceptors (Lipinski definition) is 5. The van der Waals surface area contributed by atoms with Crippen molar-refractivity contribution in [1.82, 2.24) is 5.43 Å². The predicted octanol–water partition coefficient (Wildman–Crippen LogP) is 6.07. The number of hydrogen-bond donors (Lipinski definition) is 1. The summed E-state index contributed by atoms with van der Waals surface area (Å²) in [4.78, 5) is 12.9. The molecule has 0 aliphatic carbocycles. The number of sulfonamides is 1. The molecule has 5 rings (SSSR count). The van der Waals surface area contributed by atoms with Crippen LogP contribution in [0.4, 0.5) is 5.69 Å². The molecule has 1 amide bonds. The number of nitrogens with zero attached hydrogens (tertiary/aromatic N) is 2. The van der Waals surface area contributed by atoms with Crippen LogP contribution in [-0.2, 0) is 21.4 Å². The highest BCUT2D eigenvalue weighted by Gasteiger charge is 2.27. The maximum atomic E-state index is 13.4. The lowest BCUT2D eigenvalue weighted by molar-refractivity contribution is -0.119. The molecule has 0 spiro atoms. The van der Waals surface area contributed by atoms with E-state index in [9.17, 15) is 13.2 Å². The van der Waals surface area contributed by atoms with Gasteiger partial charge in [-0.05, 0) is 77.4 Å². The Hall–Kier alpha value is -4.95. The van der Waals surface area contributed by atoms with E-state index in [2.05, 4.69) is 34.8 Å². The molecule has 0 aliphatic heterocycles. The normalized spacial score (nSPS) is 11.4. The highest BCUT2D eigenvalue weighted by Crippen LogP contribution is 2.24. The molecule has 5 aromatic rings. The lowest BCUT2D eigenvalue weighted by Crippen LogP contribution is -2.39. The van der Waals surface area contributed by atoms with Crippen molar-refractivity contribution in [3.05, 3.63) is 138 Å². The molecule has 0 radical (unpaired) electrons. The molecule has 0 unspecified atom stereocenters. The molecule has 0 bridgehead atoms. The number of rotatable bonds is 10. The van der Waals surface area contributed by atoms with Crippen molar-refractivity contribution in [3.8, 4) is 5.75 Å². The summed E-state index contributed by atoms with van der Waals surface area (Å²) in [5.74, 6) is 0.134. The number of fused-ring (bicyclic) bond motifs is 1. The molecule has 0 fully saturated rings. The first-order valence-electron chi connectivity index (χ1n) is 13.1. The van der Waals surface area contributed by atoms with Crippen molar-refractivity contribution in [1.29, 1.82) is 0 Å². The van der Waals surface area contributed by atoms with E-state index in [1.54, 1.807) is 42.5 Å². The van der Waals surface area contributed by atoms with E-state index in [1.807, 2.05) is 49.4 Å². The Bertz CT molecular complexity index is 1760. The summed E-state index contributed by atoms with van der Waals surface area (Å²) in [7, 11) is -3.98. The van der Waals surface area contributed by atoms with Crippen LogP contribution in [0.2, 0.25) is 0 Å². The Balaban J connectivity index is 1.21. The first-order valence-corrected chi connectivity index (χ1v) is 14.5. The average Bonchev–Trinajstić information content (AvgIpc) is 3.00. The van der Waals surface area contributed by atoms with Crippen LogP contribution in [-0.4, -0.2) is 27.1 Å². The molecule has 1 N–H and O–H groups in total. The Morgan fingerprint density at radius 1 is 0.829 bits per heavy atom. The molecule has 0 heterocycles. The average molecular weight is 564 g/mol. The van der Waals surface area contributed by atoms with E-state index in [1.165, 1.54) is 23.7 Å². The molecule has 0 atom stereocenters. The summed E-state index contributed by atoms with van der Waals surface area (Å²) in [6.45, 7) is 1.89. The minimum absolute atomic E-state index is 0.103. The highest BCUT2D eigenvalue weighted by atomic mass is 32.2. The number of amides is 1. The minimum atomic E-state index is -3.98. The zero-order chi connectivity index (χ0) is 28.7.